The lowest BCUT2D eigenvalue weighted by Crippen LogP contribution is -2.24. The molecule has 174 valence electrons. The summed E-state index contributed by atoms with van der Waals surface area (Å²) < 4.78 is 41.1. The minimum atomic E-state index is -4.58. The number of H-pyrrole nitrogens is 1. The Hall–Kier alpha value is -4.20. The number of halogens is 3. The molecule has 0 radical (unpaired) electrons. The highest BCUT2D eigenvalue weighted by Crippen LogP contribution is 2.34. The predicted molar refractivity (Wildman–Crippen MR) is 120 cm³/mol. The molecule has 4 rings (SSSR count). The zero-order chi connectivity index (χ0) is 24.1. The number of aromatic nitrogens is 6. The molecular weight excluding hydrogens is 471 g/mol. The zero-order valence-corrected chi connectivity index (χ0v) is 18.0. The van der Waals surface area contributed by atoms with E-state index in [0.717, 1.165) is 11.8 Å². The minimum absolute atomic E-state index is 0.166. The Labute approximate surface area is 194 Å². The topological polar surface area (TPSA) is 140 Å². The van der Waals surface area contributed by atoms with Gasteiger partial charge in [0.15, 0.2) is 0 Å². The molecule has 14 heteroatoms. The van der Waals surface area contributed by atoms with Crippen molar-refractivity contribution < 1.29 is 13.2 Å². The molecule has 0 saturated heterocycles. The summed E-state index contributed by atoms with van der Waals surface area (Å²) in [6, 6.07) is 15.3. The van der Waals surface area contributed by atoms with Gasteiger partial charge in [-0.3, -0.25) is 9.78 Å². The molecule has 0 spiro atoms. The average molecular weight is 487 g/mol. The van der Waals surface area contributed by atoms with E-state index in [0.29, 0.717) is 10.9 Å². The maximum atomic E-state index is 13.2. The Kier molecular flexibility index (Phi) is 6.58. The molecule has 0 fully saturated rings. The third kappa shape index (κ3) is 5.58. The third-order valence-electron chi connectivity index (χ3n) is 4.29. The number of rotatable bonds is 6. The number of anilines is 1. The fraction of sp³-hybridized carbons (Fsp3) is 0.100. The van der Waals surface area contributed by atoms with E-state index in [-0.39, 0.29) is 23.3 Å². The molecule has 34 heavy (non-hydrogen) atoms. The van der Waals surface area contributed by atoms with Crippen LogP contribution in [0.2, 0.25) is 0 Å². The van der Waals surface area contributed by atoms with Crippen LogP contribution in [-0.2, 0) is 11.9 Å². The second kappa shape index (κ2) is 9.74. The fourth-order valence-corrected chi connectivity index (χ4v) is 3.66. The number of guanidine groups is 1. The van der Waals surface area contributed by atoms with E-state index >= 15 is 0 Å². The number of benzene rings is 2. The number of nitrogens with one attached hydrogen (secondary N) is 2. The fourth-order valence-electron chi connectivity index (χ4n) is 2.88. The second-order valence-corrected chi connectivity index (χ2v) is 7.67. The summed E-state index contributed by atoms with van der Waals surface area (Å²) in [4.78, 5) is 22.6. The minimum Gasteiger partial charge on any atom is -0.369 e. The van der Waals surface area contributed by atoms with Gasteiger partial charge in [0, 0.05) is 11.8 Å². The summed E-state index contributed by atoms with van der Waals surface area (Å²) in [5.74, 6) is -0.318. The van der Waals surface area contributed by atoms with Crippen molar-refractivity contribution in [3.05, 3.63) is 82.3 Å². The van der Waals surface area contributed by atoms with E-state index < -0.39 is 17.3 Å². The van der Waals surface area contributed by atoms with Gasteiger partial charge >= 0.3 is 6.18 Å². The number of thioether (sulfide) groups is 1. The average Bonchev–Trinajstić information content (AvgIpc) is 3.26. The van der Waals surface area contributed by atoms with Gasteiger partial charge in [-0.15, -0.1) is 5.10 Å². The van der Waals surface area contributed by atoms with Crippen molar-refractivity contribution >= 4 is 29.4 Å². The first-order valence-electron chi connectivity index (χ1n) is 9.64. The lowest BCUT2D eigenvalue weighted by Gasteiger charge is -2.13. The van der Waals surface area contributed by atoms with E-state index in [4.69, 9.17) is 5.73 Å². The Bertz CT molecular complexity index is 1370. The van der Waals surface area contributed by atoms with E-state index in [2.05, 4.69) is 35.8 Å². The molecule has 4 aromatic rings. The standard InChI is InChI=1S/C20H16F3N9OS/c21-20(22,23)14-8-4-5-9-15(14)26-17(24)28-18-25-12(10-16(33)27-18)11-34-19-29-30-31-32(19)13-6-2-1-3-7-13/h1-10H,11H2,(H4,24,25,26,27,28,33). The normalized spacial score (nSPS) is 12.0. The van der Waals surface area contributed by atoms with E-state index in [1.165, 1.54) is 40.7 Å². The van der Waals surface area contributed by atoms with Crippen molar-refractivity contribution in [2.75, 3.05) is 5.32 Å². The highest BCUT2D eigenvalue weighted by molar-refractivity contribution is 7.98. The number of nitrogens with zero attached hydrogens (tertiary/aromatic N) is 6. The zero-order valence-electron chi connectivity index (χ0n) is 17.2. The Morgan fingerprint density at radius 2 is 1.88 bits per heavy atom. The number of hydrogen-bond acceptors (Lipinski definition) is 7. The first kappa shape index (κ1) is 23.0. The van der Waals surface area contributed by atoms with Gasteiger partial charge in [0.05, 0.1) is 22.6 Å². The van der Waals surface area contributed by atoms with Gasteiger partial charge in [0.25, 0.3) is 5.56 Å². The highest BCUT2D eigenvalue weighted by atomic mass is 32.2. The lowest BCUT2D eigenvalue weighted by atomic mass is 10.1. The Balaban J connectivity index is 1.51. The van der Waals surface area contributed by atoms with Crippen molar-refractivity contribution in [1.82, 2.24) is 30.2 Å². The maximum Gasteiger partial charge on any atom is 0.418 e. The van der Waals surface area contributed by atoms with Gasteiger partial charge in [0.1, 0.15) is 0 Å². The molecule has 2 aromatic carbocycles. The third-order valence-corrected chi connectivity index (χ3v) is 5.25. The van der Waals surface area contributed by atoms with Crippen molar-refractivity contribution in [2.24, 2.45) is 10.7 Å². The van der Waals surface area contributed by atoms with E-state index in [1.54, 1.807) is 0 Å². The molecular formula is C20H16F3N9OS. The van der Waals surface area contributed by atoms with Crippen molar-refractivity contribution in [1.29, 1.82) is 0 Å². The lowest BCUT2D eigenvalue weighted by molar-refractivity contribution is -0.136. The second-order valence-electron chi connectivity index (χ2n) is 6.72. The molecule has 0 bridgehead atoms. The van der Waals surface area contributed by atoms with Crippen LogP contribution in [0.1, 0.15) is 11.3 Å². The van der Waals surface area contributed by atoms with Crippen LogP contribution in [0.4, 0.5) is 24.8 Å². The summed E-state index contributed by atoms with van der Waals surface area (Å²) in [5, 5.41) is 14.5. The number of tetrazole rings is 1. The molecule has 0 saturated carbocycles. The first-order chi connectivity index (χ1) is 16.3. The van der Waals surface area contributed by atoms with E-state index in [1.807, 2.05) is 30.3 Å². The smallest absolute Gasteiger partial charge is 0.369 e. The van der Waals surface area contributed by atoms with Crippen LogP contribution in [0, 0.1) is 0 Å². The highest BCUT2D eigenvalue weighted by Gasteiger charge is 2.33. The monoisotopic (exact) mass is 487 g/mol. The van der Waals surface area contributed by atoms with Crippen molar-refractivity contribution in [3.8, 4) is 5.69 Å². The number of nitrogens with two attached hydrogens (primary N) is 1. The van der Waals surface area contributed by atoms with Gasteiger partial charge in [-0.1, -0.05) is 42.1 Å². The molecule has 0 aliphatic rings. The molecule has 0 atom stereocenters. The number of alkyl halides is 3. The van der Waals surface area contributed by atoms with Crippen LogP contribution < -0.4 is 16.6 Å². The molecule has 10 nitrogen and oxygen atoms in total. The number of aromatic amines is 1. The van der Waals surface area contributed by atoms with Gasteiger partial charge in [-0.05, 0) is 34.7 Å². The van der Waals surface area contributed by atoms with Crippen LogP contribution in [-0.4, -0.2) is 36.1 Å². The summed E-state index contributed by atoms with van der Waals surface area (Å²) in [6.45, 7) is 0. The molecule has 0 aliphatic carbocycles. The number of aliphatic imine (C=N–C) groups is 1. The Morgan fingerprint density at radius 1 is 1.15 bits per heavy atom. The molecule has 2 aromatic heterocycles. The largest absolute Gasteiger partial charge is 0.418 e. The van der Waals surface area contributed by atoms with Gasteiger partial charge in [-0.2, -0.15) is 22.8 Å². The van der Waals surface area contributed by atoms with E-state index in [9.17, 15) is 18.0 Å². The maximum absolute atomic E-state index is 13.2. The summed E-state index contributed by atoms with van der Waals surface area (Å²) in [6.07, 6.45) is -4.58. The molecule has 0 unspecified atom stereocenters. The molecule has 2 heterocycles. The van der Waals surface area contributed by atoms with Gasteiger partial charge in [0.2, 0.25) is 17.1 Å². The molecule has 4 N–H and O–H groups in total. The number of para-hydroxylation sites is 2. The first-order valence-corrected chi connectivity index (χ1v) is 10.6. The van der Waals surface area contributed by atoms with Gasteiger partial charge in [-0.25, -0.2) is 4.98 Å². The van der Waals surface area contributed by atoms with Gasteiger partial charge < -0.3 is 11.1 Å². The summed E-state index contributed by atoms with van der Waals surface area (Å²) >= 11 is 1.24. The number of hydrogen-bond donors (Lipinski definition) is 3. The van der Waals surface area contributed by atoms with Crippen LogP contribution in [0.15, 0.2) is 75.6 Å². The molecule has 0 amide bonds. The quantitative estimate of drug-likeness (QED) is 0.214. The predicted octanol–water partition coefficient (Wildman–Crippen LogP) is 3.12. The SMILES string of the molecule is NC(=Nc1nc(CSc2nnnn2-c2ccccc2)cc(=O)[nH]1)Nc1ccccc1C(F)(F)F. The summed E-state index contributed by atoms with van der Waals surface area (Å²) in [7, 11) is 0. The van der Waals surface area contributed by atoms with Crippen LogP contribution in [0.25, 0.3) is 5.69 Å². The summed E-state index contributed by atoms with van der Waals surface area (Å²) in [5.41, 5.74) is 5.18. The van der Waals surface area contributed by atoms with Crippen molar-refractivity contribution in [3.63, 3.8) is 0 Å². The van der Waals surface area contributed by atoms with Crippen LogP contribution in [0.3, 0.4) is 0 Å². The van der Waals surface area contributed by atoms with Crippen LogP contribution >= 0.6 is 11.8 Å². The molecule has 0 aliphatic heterocycles. The van der Waals surface area contributed by atoms with Crippen molar-refractivity contribution in [2.45, 2.75) is 17.1 Å². The van der Waals surface area contributed by atoms with Crippen LogP contribution in [0.5, 0.6) is 0 Å². The Morgan fingerprint density at radius 3 is 2.65 bits per heavy atom.